The van der Waals surface area contributed by atoms with Crippen molar-refractivity contribution in [2.45, 2.75) is 6.54 Å². The van der Waals surface area contributed by atoms with Gasteiger partial charge in [0.05, 0.1) is 7.11 Å². The van der Waals surface area contributed by atoms with Crippen LogP contribution in [0.4, 0.5) is 4.39 Å². The second-order valence-corrected chi connectivity index (χ2v) is 5.48. The molecular formula is C19H19FN2O5. The summed E-state index contributed by atoms with van der Waals surface area (Å²) in [6, 6.07) is 12.2. The number of methoxy groups -OCH3 is 1. The van der Waals surface area contributed by atoms with Crippen molar-refractivity contribution in [3.8, 4) is 5.75 Å². The molecule has 0 spiro atoms. The van der Waals surface area contributed by atoms with Crippen LogP contribution >= 0.6 is 0 Å². The first-order valence-electron chi connectivity index (χ1n) is 8.07. The van der Waals surface area contributed by atoms with Gasteiger partial charge in [0.2, 0.25) is 0 Å². The van der Waals surface area contributed by atoms with E-state index in [1.54, 1.807) is 31.4 Å². The van der Waals surface area contributed by atoms with E-state index in [0.717, 1.165) is 11.6 Å². The number of carbonyl (C=O) groups excluding carboxylic acids is 3. The average Bonchev–Trinajstić information content (AvgIpc) is 2.69. The summed E-state index contributed by atoms with van der Waals surface area (Å²) in [6.07, 6.45) is 0. The average molecular weight is 374 g/mol. The van der Waals surface area contributed by atoms with Crippen LogP contribution in [0.25, 0.3) is 0 Å². The minimum absolute atomic E-state index is 0.0834. The zero-order chi connectivity index (χ0) is 19.6. The molecule has 0 aromatic heterocycles. The van der Waals surface area contributed by atoms with Gasteiger partial charge >= 0.3 is 5.97 Å². The molecule has 2 rings (SSSR count). The Morgan fingerprint density at radius 2 is 1.78 bits per heavy atom. The molecule has 2 amide bonds. The fourth-order valence-corrected chi connectivity index (χ4v) is 2.08. The highest BCUT2D eigenvalue weighted by Crippen LogP contribution is 2.10. The first-order chi connectivity index (χ1) is 13.0. The van der Waals surface area contributed by atoms with Crippen LogP contribution in [0, 0.1) is 5.82 Å². The zero-order valence-electron chi connectivity index (χ0n) is 14.7. The lowest BCUT2D eigenvalue weighted by Gasteiger charge is -2.08. The minimum atomic E-state index is -0.778. The fourth-order valence-electron chi connectivity index (χ4n) is 2.08. The van der Waals surface area contributed by atoms with Crippen molar-refractivity contribution in [2.75, 3.05) is 20.3 Å². The van der Waals surface area contributed by atoms with Gasteiger partial charge in [-0.3, -0.25) is 14.4 Å². The van der Waals surface area contributed by atoms with Crippen LogP contribution in [0.2, 0.25) is 0 Å². The highest BCUT2D eigenvalue weighted by Gasteiger charge is 2.11. The van der Waals surface area contributed by atoms with Gasteiger partial charge in [-0.1, -0.05) is 18.2 Å². The number of nitrogens with one attached hydrogen (secondary N) is 2. The molecule has 0 atom stereocenters. The van der Waals surface area contributed by atoms with Crippen LogP contribution in [0.3, 0.4) is 0 Å². The van der Waals surface area contributed by atoms with E-state index in [0.29, 0.717) is 5.75 Å². The molecule has 0 radical (unpaired) electrons. The van der Waals surface area contributed by atoms with Gasteiger partial charge in [-0.25, -0.2) is 4.39 Å². The van der Waals surface area contributed by atoms with Gasteiger partial charge < -0.3 is 20.1 Å². The number of benzene rings is 2. The molecule has 2 aromatic rings. The van der Waals surface area contributed by atoms with Gasteiger partial charge in [-0.15, -0.1) is 0 Å². The lowest BCUT2D eigenvalue weighted by atomic mass is 10.2. The Hall–Kier alpha value is -3.42. The molecule has 142 valence electrons. The predicted molar refractivity (Wildman–Crippen MR) is 94.5 cm³/mol. The third-order valence-electron chi connectivity index (χ3n) is 3.49. The maximum atomic E-state index is 13.0. The van der Waals surface area contributed by atoms with E-state index in [-0.39, 0.29) is 12.1 Å². The lowest BCUT2D eigenvalue weighted by Crippen LogP contribution is -2.33. The molecular weight excluding hydrogens is 355 g/mol. The Morgan fingerprint density at radius 3 is 2.44 bits per heavy atom. The van der Waals surface area contributed by atoms with Crippen molar-refractivity contribution < 1.29 is 28.2 Å². The standard InChI is InChI=1S/C19H19FN2O5/c1-26-16-7-5-13(6-8-16)10-21-17(23)12-27-18(24)11-22-19(25)14-3-2-4-15(20)9-14/h2-9H,10-12H2,1H3,(H,21,23)(H,22,25). The SMILES string of the molecule is COc1ccc(CNC(=O)COC(=O)CNC(=O)c2cccc(F)c2)cc1. The number of halogens is 1. The molecule has 0 aliphatic heterocycles. The minimum Gasteiger partial charge on any atom is -0.497 e. The maximum absolute atomic E-state index is 13.0. The van der Waals surface area contributed by atoms with Crippen molar-refractivity contribution in [1.29, 1.82) is 0 Å². The summed E-state index contributed by atoms with van der Waals surface area (Å²) < 4.78 is 22.9. The largest absolute Gasteiger partial charge is 0.497 e. The van der Waals surface area contributed by atoms with E-state index in [1.807, 2.05) is 0 Å². The second kappa shape index (κ2) is 9.91. The molecule has 7 nitrogen and oxygen atoms in total. The van der Waals surface area contributed by atoms with Crippen molar-refractivity contribution in [2.24, 2.45) is 0 Å². The van der Waals surface area contributed by atoms with Gasteiger partial charge in [-0.05, 0) is 35.9 Å². The number of hydrogen-bond donors (Lipinski definition) is 2. The Bertz CT molecular complexity index is 808. The van der Waals surface area contributed by atoms with Crippen LogP contribution < -0.4 is 15.4 Å². The molecule has 8 heteroatoms. The molecule has 2 N–H and O–H groups in total. The quantitative estimate of drug-likeness (QED) is 0.682. The molecule has 0 fully saturated rings. The van der Waals surface area contributed by atoms with Crippen LogP contribution in [0.1, 0.15) is 15.9 Å². The smallest absolute Gasteiger partial charge is 0.325 e. The number of hydrogen-bond acceptors (Lipinski definition) is 5. The first kappa shape index (κ1) is 19.9. The Labute approximate surface area is 155 Å². The van der Waals surface area contributed by atoms with Crippen LogP contribution in [-0.4, -0.2) is 38.0 Å². The monoisotopic (exact) mass is 374 g/mol. The predicted octanol–water partition coefficient (Wildman–Crippen LogP) is 1.42. The van der Waals surface area contributed by atoms with Gasteiger partial charge in [0, 0.05) is 12.1 Å². The topological polar surface area (TPSA) is 93.7 Å². The summed E-state index contributed by atoms with van der Waals surface area (Å²) in [5, 5.41) is 4.90. The molecule has 0 aliphatic carbocycles. The summed E-state index contributed by atoms with van der Waals surface area (Å²) in [7, 11) is 1.56. The molecule has 0 saturated heterocycles. The Kier molecular flexibility index (Phi) is 7.30. The summed E-state index contributed by atoms with van der Waals surface area (Å²) >= 11 is 0. The van der Waals surface area contributed by atoms with Gasteiger partial charge in [-0.2, -0.15) is 0 Å². The summed E-state index contributed by atoms with van der Waals surface area (Å²) in [4.78, 5) is 35.1. The lowest BCUT2D eigenvalue weighted by molar-refractivity contribution is -0.147. The Balaban J connectivity index is 1.66. The third kappa shape index (κ3) is 6.77. The Morgan fingerprint density at radius 1 is 1.04 bits per heavy atom. The van der Waals surface area contributed by atoms with Gasteiger partial charge in [0.25, 0.3) is 11.8 Å². The molecule has 27 heavy (non-hydrogen) atoms. The molecule has 0 bridgehead atoms. The number of esters is 1. The van der Waals surface area contributed by atoms with E-state index in [9.17, 15) is 18.8 Å². The van der Waals surface area contributed by atoms with Crippen molar-refractivity contribution in [1.82, 2.24) is 10.6 Å². The number of amides is 2. The maximum Gasteiger partial charge on any atom is 0.325 e. The zero-order valence-corrected chi connectivity index (χ0v) is 14.7. The van der Waals surface area contributed by atoms with Gasteiger partial charge in [0.15, 0.2) is 6.61 Å². The van der Waals surface area contributed by atoms with Crippen LogP contribution in [0.5, 0.6) is 5.75 Å². The molecule has 0 heterocycles. The molecule has 0 unspecified atom stereocenters. The summed E-state index contributed by atoms with van der Waals surface area (Å²) in [6.45, 7) is -0.622. The van der Waals surface area contributed by atoms with Crippen molar-refractivity contribution in [3.05, 3.63) is 65.5 Å². The highest BCUT2D eigenvalue weighted by atomic mass is 19.1. The van der Waals surface area contributed by atoms with E-state index >= 15 is 0 Å². The number of ether oxygens (including phenoxy) is 2. The van der Waals surface area contributed by atoms with E-state index in [2.05, 4.69) is 10.6 Å². The van der Waals surface area contributed by atoms with Crippen molar-refractivity contribution >= 4 is 17.8 Å². The number of rotatable bonds is 8. The van der Waals surface area contributed by atoms with Gasteiger partial charge in [0.1, 0.15) is 18.1 Å². The molecule has 0 saturated carbocycles. The summed E-state index contributed by atoms with van der Waals surface area (Å²) in [5.41, 5.74) is 0.942. The molecule has 2 aromatic carbocycles. The summed E-state index contributed by atoms with van der Waals surface area (Å²) in [5.74, 6) is -1.72. The second-order valence-electron chi connectivity index (χ2n) is 5.48. The number of carbonyl (C=O) groups is 3. The third-order valence-corrected chi connectivity index (χ3v) is 3.49. The first-order valence-corrected chi connectivity index (χ1v) is 8.07. The van der Waals surface area contributed by atoms with Crippen LogP contribution in [-0.2, 0) is 20.9 Å². The normalized spacial score (nSPS) is 10.0. The molecule has 0 aliphatic rings. The van der Waals surface area contributed by atoms with E-state index in [1.165, 1.54) is 18.2 Å². The van der Waals surface area contributed by atoms with Crippen LogP contribution in [0.15, 0.2) is 48.5 Å². The van der Waals surface area contributed by atoms with E-state index in [4.69, 9.17) is 9.47 Å². The van der Waals surface area contributed by atoms with E-state index < -0.39 is 36.8 Å². The van der Waals surface area contributed by atoms with Crippen molar-refractivity contribution in [3.63, 3.8) is 0 Å². The highest BCUT2D eigenvalue weighted by molar-refractivity contribution is 5.96. The fraction of sp³-hybridized carbons (Fsp3) is 0.211.